The molecule has 0 aromatic heterocycles. The highest BCUT2D eigenvalue weighted by molar-refractivity contribution is 7.98. The average Bonchev–Trinajstić information content (AvgIpc) is 2.34. The number of carbonyl (C=O) groups is 2. The molecule has 1 aliphatic carbocycles. The van der Waals surface area contributed by atoms with Crippen LogP contribution in [-0.2, 0) is 4.79 Å². The summed E-state index contributed by atoms with van der Waals surface area (Å²) in [6, 6.07) is -0.972. The monoisotopic (exact) mass is 288 g/mol. The van der Waals surface area contributed by atoms with Crippen LogP contribution in [0.5, 0.6) is 0 Å². The Labute approximate surface area is 118 Å². The number of nitrogens with one attached hydrogen (secondary N) is 2. The van der Waals surface area contributed by atoms with Crippen molar-refractivity contribution in [1.82, 2.24) is 10.6 Å². The number of carboxylic acids is 1. The molecule has 6 heteroatoms. The van der Waals surface area contributed by atoms with Gasteiger partial charge in [-0.25, -0.2) is 9.59 Å². The standard InChI is InChI=1S/C13H24N2O3S/c1-9-4-3-5-10(8-9)14-13(18)15-11(12(16)17)6-7-19-2/h9-11H,3-8H2,1-2H3,(H,16,17)(H2,14,15,18). The van der Waals surface area contributed by atoms with Crippen LogP contribution in [0.1, 0.15) is 39.0 Å². The molecule has 3 atom stereocenters. The Bertz CT molecular complexity index is 312. The molecule has 0 heterocycles. The molecule has 0 radical (unpaired) electrons. The van der Waals surface area contributed by atoms with Crippen molar-refractivity contribution in [3.05, 3.63) is 0 Å². The zero-order chi connectivity index (χ0) is 14.3. The van der Waals surface area contributed by atoms with E-state index in [4.69, 9.17) is 5.11 Å². The van der Waals surface area contributed by atoms with Crippen LogP contribution in [0.3, 0.4) is 0 Å². The van der Waals surface area contributed by atoms with Gasteiger partial charge in [-0.1, -0.05) is 19.8 Å². The van der Waals surface area contributed by atoms with E-state index in [1.807, 2.05) is 6.26 Å². The summed E-state index contributed by atoms with van der Waals surface area (Å²) < 4.78 is 0. The fourth-order valence-corrected chi connectivity index (χ4v) is 2.92. The molecule has 0 aromatic carbocycles. The van der Waals surface area contributed by atoms with E-state index in [2.05, 4.69) is 17.6 Å². The second kappa shape index (κ2) is 8.30. The van der Waals surface area contributed by atoms with Gasteiger partial charge in [-0.2, -0.15) is 11.8 Å². The summed E-state index contributed by atoms with van der Waals surface area (Å²) in [5.74, 6) is 0.379. The van der Waals surface area contributed by atoms with Gasteiger partial charge in [0.05, 0.1) is 0 Å². The number of thioether (sulfide) groups is 1. The van der Waals surface area contributed by atoms with Crippen molar-refractivity contribution in [3.8, 4) is 0 Å². The SMILES string of the molecule is CSCCC(NC(=O)NC1CCCC(C)C1)C(=O)O. The number of aliphatic carboxylic acids is 1. The van der Waals surface area contributed by atoms with Crippen LogP contribution in [0.25, 0.3) is 0 Å². The maximum Gasteiger partial charge on any atom is 0.326 e. The maximum atomic E-state index is 11.8. The molecule has 0 spiro atoms. The van der Waals surface area contributed by atoms with Gasteiger partial charge in [-0.3, -0.25) is 0 Å². The van der Waals surface area contributed by atoms with Gasteiger partial charge in [0.25, 0.3) is 0 Å². The van der Waals surface area contributed by atoms with Gasteiger partial charge in [0.15, 0.2) is 0 Å². The van der Waals surface area contributed by atoms with Crippen LogP contribution < -0.4 is 10.6 Å². The average molecular weight is 288 g/mol. The fraction of sp³-hybridized carbons (Fsp3) is 0.846. The van der Waals surface area contributed by atoms with Crippen molar-refractivity contribution in [2.45, 2.75) is 51.1 Å². The van der Waals surface area contributed by atoms with E-state index in [1.165, 1.54) is 6.42 Å². The summed E-state index contributed by atoms with van der Waals surface area (Å²) >= 11 is 1.58. The lowest BCUT2D eigenvalue weighted by Gasteiger charge is -2.28. The zero-order valence-electron chi connectivity index (χ0n) is 11.6. The van der Waals surface area contributed by atoms with Gasteiger partial charge in [0.2, 0.25) is 0 Å². The first-order valence-electron chi connectivity index (χ1n) is 6.81. The van der Waals surface area contributed by atoms with Crippen LogP contribution in [0, 0.1) is 5.92 Å². The molecule has 1 rings (SSSR count). The lowest BCUT2D eigenvalue weighted by Crippen LogP contribution is -2.50. The Kier molecular flexibility index (Phi) is 7.05. The van der Waals surface area contributed by atoms with Gasteiger partial charge < -0.3 is 15.7 Å². The molecule has 0 bridgehead atoms. The third kappa shape index (κ3) is 6.18. The van der Waals surface area contributed by atoms with Crippen LogP contribution in [0.15, 0.2) is 0 Å². The third-order valence-corrected chi connectivity index (χ3v) is 4.13. The number of hydrogen-bond donors (Lipinski definition) is 3. The first-order valence-corrected chi connectivity index (χ1v) is 8.21. The Hall–Kier alpha value is -0.910. The Morgan fingerprint density at radius 1 is 1.42 bits per heavy atom. The normalized spacial score (nSPS) is 24.5. The van der Waals surface area contributed by atoms with E-state index < -0.39 is 12.0 Å². The predicted molar refractivity (Wildman–Crippen MR) is 77.5 cm³/mol. The molecular formula is C13H24N2O3S. The Balaban J connectivity index is 2.37. The first-order chi connectivity index (χ1) is 9.02. The molecule has 1 saturated carbocycles. The van der Waals surface area contributed by atoms with Crippen LogP contribution in [0.4, 0.5) is 4.79 Å². The van der Waals surface area contributed by atoms with Crippen molar-refractivity contribution in [3.63, 3.8) is 0 Å². The first kappa shape index (κ1) is 16.1. The maximum absolute atomic E-state index is 11.8. The lowest BCUT2D eigenvalue weighted by molar-refractivity contribution is -0.139. The molecule has 1 aliphatic rings. The quantitative estimate of drug-likeness (QED) is 0.699. The minimum Gasteiger partial charge on any atom is -0.480 e. The van der Waals surface area contributed by atoms with Gasteiger partial charge in [-0.05, 0) is 37.2 Å². The number of carboxylic acid groups (broad SMARTS) is 1. The highest BCUT2D eigenvalue weighted by atomic mass is 32.2. The molecule has 5 nitrogen and oxygen atoms in total. The van der Waals surface area contributed by atoms with Crippen molar-refractivity contribution in [2.24, 2.45) is 5.92 Å². The summed E-state index contributed by atoms with van der Waals surface area (Å²) in [7, 11) is 0. The number of rotatable bonds is 6. The lowest BCUT2D eigenvalue weighted by atomic mass is 9.87. The molecule has 3 N–H and O–H groups in total. The number of urea groups is 1. The topological polar surface area (TPSA) is 78.4 Å². The molecule has 2 amide bonds. The van der Waals surface area contributed by atoms with Gasteiger partial charge in [0.1, 0.15) is 6.04 Å². The van der Waals surface area contributed by atoms with Crippen molar-refractivity contribution < 1.29 is 14.7 Å². The summed E-state index contributed by atoms with van der Waals surface area (Å²) in [5, 5.41) is 14.5. The summed E-state index contributed by atoms with van der Waals surface area (Å²) in [6.45, 7) is 2.18. The van der Waals surface area contributed by atoms with Crippen molar-refractivity contribution in [2.75, 3.05) is 12.0 Å². The van der Waals surface area contributed by atoms with E-state index in [-0.39, 0.29) is 12.1 Å². The molecule has 0 aromatic rings. The molecule has 0 saturated heterocycles. The number of amides is 2. The molecule has 3 unspecified atom stereocenters. The summed E-state index contributed by atoms with van der Waals surface area (Å²) in [4.78, 5) is 22.8. The second-order valence-electron chi connectivity index (χ2n) is 5.26. The fourth-order valence-electron chi connectivity index (χ4n) is 2.44. The third-order valence-electron chi connectivity index (χ3n) is 3.49. The minimum atomic E-state index is -0.971. The van der Waals surface area contributed by atoms with Gasteiger partial charge in [0, 0.05) is 6.04 Å². The second-order valence-corrected chi connectivity index (χ2v) is 6.24. The summed E-state index contributed by atoms with van der Waals surface area (Å²) in [6.07, 6.45) is 6.68. The highest BCUT2D eigenvalue weighted by Crippen LogP contribution is 2.23. The molecule has 110 valence electrons. The molecule has 0 aliphatic heterocycles. The van der Waals surface area contributed by atoms with Crippen molar-refractivity contribution >= 4 is 23.8 Å². The predicted octanol–water partition coefficient (Wildman–Crippen LogP) is 2.07. The summed E-state index contributed by atoms with van der Waals surface area (Å²) in [5.41, 5.74) is 0. The van der Waals surface area contributed by atoms with Crippen molar-refractivity contribution in [1.29, 1.82) is 0 Å². The van der Waals surface area contributed by atoms with Gasteiger partial charge >= 0.3 is 12.0 Å². The Morgan fingerprint density at radius 3 is 2.74 bits per heavy atom. The van der Waals surface area contributed by atoms with Crippen LogP contribution in [0.2, 0.25) is 0 Å². The van der Waals surface area contributed by atoms with E-state index in [0.717, 1.165) is 25.0 Å². The molecule has 1 fully saturated rings. The van der Waals surface area contributed by atoms with E-state index in [1.54, 1.807) is 11.8 Å². The smallest absolute Gasteiger partial charge is 0.326 e. The minimum absolute atomic E-state index is 0.179. The van der Waals surface area contributed by atoms with Gasteiger partial charge in [-0.15, -0.1) is 0 Å². The zero-order valence-corrected chi connectivity index (χ0v) is 12.5. The van der Waals surface area contributed by atoms with E-state index in [9.17, 15) is 9.59 Å². The van der Waals surface area contributed by atoms with E-state index in [0.29, 0.717) is 12.3 Å². The largest absolute Gasteiger partial charge is 0.480 e. The number of carbonyl (C=O) groups excluding carboxylic acids is 1. The molecular weight excluding hydrogens is 264 g/mol. The molecule has 19 heavy (non-hydrogen) atoms. The van der Waals surface area contributed by atoms with Crippen LogP contribution >= 0.6 is 11.8 Å². The van der Waals surface area contributed by atoms with Crippen LogP contribution in [-0.4, -0.2) is 41.2 Å². The van der Waals surface area contributed by atoms with E-state index >= 15 is 0 Å². The Morgan fingerprint density at radius 2 is 2.16 bits per heavy atom. The number of hydrogen-bond acceptors (Lipinski definition) is 3. The highest BCUT2D eigenvalue weighted by Gasteiger charge is 2.23.